The zero-order valence-corrected chi connectivity index (χ0v) is 16.9. The molecule has 27 heavy (non-hydrogen) atoms. The van der Waals surface area contributed by atoms with Crippen molar-refractivity contribution in [1.82, 2.24) is 5.32 Å². The van der Waals surface area contributed by atoms with E-state index < -0.39 is 6.04 Å². The molecule has 3 atom stereocenters. The van der Waals surface area contributed by atoms with Gasteiger partial charge in [0.25, 0.3) is 0 Å². The number of rotatable bonds is 7. The molecule has 142 valence electrons. The van der Waals surface area contributed by atoms with Gasteiger partial charge in [0.2, 0.25) is 5.91 Å². The zero-order valence-electron chi connectivity index (χ0n) is 15.3. The fraction of sp³-hybridized carbons (Fsp3) is 0.333. The standard InChI is InChI=1S/C21H22BrNO4/c1-26-16-9-5-14(6-10-16)19(12-20(24)27-2)23-21(25)18-11-17(18)13-3-7-15(22)8-4-13/h3-10,17-19H,11-12H2,1-2H3,(H,23,25). The summed E-state index contributed by atoms with van der Waals surface area (Å²) in [5.74, 6) is 0.487. The first-order valence-corrected chi connectivity index (χ1v) is 9.57. The van der Waals surface area contributed by atoms with Crippen molar-refractivity contribution in [2.75, 3.05) is 14.2 Å². The van der Waals surface area contributed by atoms with E-state index in [0.29, 0.717) is 0 Å². The molecule has 0 heterocycles. The van der Waals surface area contributed by atoms with Crippen LogP contribution in [-0.2, 0) is 14.3 Å². The molecular weight excluding hydrogens is 410 g/mol. The predicted octanol–water partition coefficient (Wildman–Crippen LogP) is 3.98. The van der Waals surface area contributed by atoms with Crippen LogP contribution in [0.1, 0.15) is 35.9 Å². The van der Waals surface area contributed by atoms with Crippen LogP contribution in [0.4, 0.5) is 0 Å². The molecule has 1 amide bonds. The molecule has 1 fully saturated rings. The molecule has 1 aliphatic carbocycles. The van der Waals surface area contributed by atoms with Crippen LogP contribution in [0, 0.1) is 5.92 Å². The van der Waals surface area contributed by atoms with Crippen molar-refractivity contribution in [1.29, 1.82) is 0 Å². The van der Waals surface area contributed by atoms with Gasteiger partial charge in [0, 0.05) is 10.4 Å². The summed E-state index contributed by atoms with van der Waals surface area (Å²) in [5, 5.41) is 3.02. The largest absolute Gasteiger partial charge is 0.497 e. The Hall–Kier alpha value is -2.34. The van der Waals surface area contributed by atoms with Crippen LogP contribution in [0.3, 0.4) is 0 Å². The number of halogens is 1. The molecule has 0 spiro atoms. The van der Waals surface area contributed by atoms with Crippen molar-refractivity contribution < 1.29 is 19.1 Å². The van der Waals surface area contributed by atoms with E-state index in [-0.39, 0.29) is 30.1 Å². The van der Waals surface area contributed by atoms with Crippen molar-refractivity contribution in [3.63, 3.8) is 0 Å². The number of hydrogen-bond donors (Lipinski definition) is 1. The summed E-state index contributed by atoms with van der Waals surface area (Å²) in [7, 11) is 2.94. The smallest absolute Gasteiger partial charge is 0.307 e. The van der Waals surface area contributed by atoms with Gasteiger partial charge in [0.15, 0.2) is 0 Å². The van der Waals surface area contributed by atoms with E-state index in [1.807, 2.05) is 48.5 Å². The number of hydrogen-bond acceptors (Lipinski definition) is 4. The number of esters is 1. The lowest BCUT2D eigenvalue weighted by molar-refractivity contribution is -0.141. The molecule has 0 saturated heterocycles. The number of methoxy groups -OCH3 is 2. The quantitative estimate of drug-likeness (QED) is 0.673. The van der Waals surface area contributed by atoms with E-state index >= 15 is 0 Å². The maximum Gasteiger partial charge on any atom is 0.307 e. The first kappa shape index (κ1) is 19.4. The molecule has 2 aromatic rings. The topological polar surface area (TPSA) is 64.6 Å². The van der Waals surface area contributed by atoms with Crippen LogP contribution in [0.15, 0.2) is 53.0 Å². The summed E-state index contributed by atoms with van der Waals surface area (Å²) < 4.78 is 11.0. The Balaban J connectivity index is 1.68. The van der Waals surface area contributed by atoms with E-state index in [0.717, 1.165) is 27.8 Å². The van der Waals surface area contributed by atoms with E-state index in [2.05, 4.69) is 21.2 Å². The molecule has 1 aliphatic rings. The van der Waals surface area contributed by atoms with Crippen LogP contribution in [-0.4, -0.2) is 26.1 Å². The van der Waals surface area contributed by atoms with Gasteiger partial charge in [-0.3, -0.25) is 9.59 Å². The minimum Gasteiger partial charge on any atom is -0.497 e. The fourth-order valence-electron chi connectivity index (χ4n) is 3.18. The first-order valence-electron chi connectivity index (χ1n) is 8.78. The summed E-state index contributed by atoms with van der Waals surface area (Å²) in [4.78, 5) is 24.5. The average molecular weight is 432 g/mol. The zero-order chi connectivity index (χ0) is 19.4. The predicted molar refractivity (Wildman–Crippen MR) is 106 cm³/mol. The summed E-state index contributed by atoms with van der Waals surface area (Å²) in [5.41, 5.74) is 2.00. The highest BCUT2D eigenvalue weighted by Crippen LogP contribution is 2.48. The van der Waals surface area contributed by atoms with Gasteiger partial charge in [0.1, 0.15) is 5.75 Å². The number of carbonyl (C=O) groups excluding carboxylic acids is 2. The van der Waals surface area contributed by atoms with Crippen molar-refractivity contribution in [2.24, 2.45) is 5.92 Å². The average Bonchev–Trinajstić information content (AvgIpc) is 3.49. The Labute approximate surface area is 167 Å². The monoisotopic (exact) mass is 431 g/mol. The minimum absolute atomic E-state index is 0.0346. The Morgan fingerprint density at radius 2 is 1.78 bits per heavy atom. The highest BCUT2D eigenvalue weighted by Gasteiger charge is 2.44. The molecule has 5 nitrogen and oxygen atoms in total. The van der Waals surface area contributed by atoms with E-state index in [1.54, 1.807) is 7.11 Å². The summed E-state index contributed by atoms with van der Waals surface area (Å²) in [6.45, 7) is 0. The summed E-state index contributed by atoms with van der Waals surface area (Å²) in [6.07, 6.45) is 0.908. The van der Waals surface area contributed by atoms with Crippen molar-refractivity contribution in [2.45, 2.75) is 24.8 Å². The molecule has 6 heteroatoms. The van der Waals surface area contributed by atoms with Gasteiger partial charge in [-0.15, -0.1) is 0 Å². The lowest BCUT2D eigenvalue weighted by Gasteiger charge is -2.19. The lowest BCUT2D eigenvalue weighted by atomic mass is 10.0. The number of carbonyl (C=O) groups is 2. The Morgan fingerprint density at radius 1 is 1.11 bits per heavy atom. The Kier molecular flexibility index (Phi) is 6.16. The second kappa shape index (κ2) is 8.57. The summed E-state index contributed by atoms with van der Waals surface area (Å²) in [6, 6.07) is 15.0. The van der Waals surface area contributed by atoms with Gasteiger partial charge in [-0.1, -0.05) is 40.2 Å². The normalized spacial score (nSPS) is 19.1. The molecule has 3 rings (SSSR count). The molecular formula is C21H22BrNO4. The van der Waals surface area contributed by atoms with Crippen LogP contribution >= 0.6 is 15.9 Å². The number of nitrogens with one attached hydrogen (secondary N) is 1. The SMILES string of the molecule is COC(=O)CC(NC(=O)C1CC1c1ccc(Br)cc1)c1ccc(OC)cc1. The third-order valence-electron chi connectivity index (χ3n) is 4.86. The van der Waals surface area contributed by atoms with Gasteiger partial charge in [0.05, 0.1) is 26.7 Å². The maximum absolute atomic E-state index is 12.7. The number of ether oxygens (including phenoxy) is 2. The third kappa shape index (κ3) is 4.89. The van der Waals surface area contributed by atoms with Crippen molar-refractivity contribution >= 4 is 27.8 Å². The molecule has 0 bridgehead atoms. The van der Waals surface area contributed by atoms with Gasteiger partial charge >= 0.3 is 5.97 Å². The molecule has 0 aliphatic heterocycles. The van der Waals surface area contributed by atoms with Crippen molar-refractivity contribution in [3.8, 4) is 5.75 Å². The molecule has 2 aromatic carbocycles. The maximum atomic E-state index is 12.7. The molecule has 1 saturated carbocycles. The highest BCUT2D eigenvalue weighted by molar-refractivity contribution is 9.10. The second-order valence-corrected chi connectivity index (χ2v) is 7.53. The van der Waals surface area contributed by atoms with Gasteiger partial charge in [-0.25, -0.2) is 0 Å². The van der Waals surface area contributed by atoms with Crippen LogP contribution in [0.5, 0.6) is 5.75 Å². The lowest BCUT2D eigenvalue weighted by Crippen LogP contribution is -2.32. The van der Waals surface area contributed by atoms with Crippen LogP contribution in [0.25, 0.3) is 0 Å². The third-order valence-corrected chi connectivity index (χ3v) is 5.39. The number of benzene rings is 2. The van der Waals surface area contributed by atoms with E-state index in [1.165, 1.54) is 7.11 Å². The number of amides is 1. The van der Waals surface area contributed by atoms with Crippen LogP contribution in [0.2, 0.25) is 0 Å². The molecule has 0 radical (unpaired) electrons. The molecule has 1 N–H and O–H groups in total. The van der Waals surface area contributed by atoms with Crippen LogP contribution < -0.4 is 10.1 Å². The van der Waals surface area contributed by atoms with Gasteiger partial charge in [-0.05, 0) is 47.7 Å². The Bertz CT molecular complexity index is 804. The minimum atomic E-state index is -0.429. The molecule has 3 unspecified atom stereocenters. The Morgan fingerprint density at radius 3 is 2.37 bits per heavy atom. The first-order chi connectivity index (χ1) is 13.0. The highest BCUT2D eigenvalue weighted by atomic mass is 79.9. The van der Waals surface area contributed by atoms with E-state index in [4.69, 9.17) is 9.47 Å². The molecule has 0 aromatic heterocycles. The van der Waals surface area contributed by atoms with Crippen molar-refractivity contribution in [3.05, 3.63) is 64.1 Å². The van der Waals surface area contributed by atoms with Gasteiger partial charge in [-0.2, -0.15) is 0 Å². The van der Waals surface area contributed by atoms with Gasteiger partial charge < -0.3 is 14.8 Å². The summed E-state index contributed by atoms with van der Waals surface area (Å²) >= 11 is 3.43. The fourth-order valence-corrected chi connectivity index (χ4v) is 3.44. The second-order valence-electron chi connectivity index (χ2n) is 6.61. The van der Waals surface area contributed by atoms with E-state index in [9.17, 15) is 9.59 Å².